The number of rotatable bonds is 11. The number of carboxylic acids is 1. The summed E-state index contributed by atoms with van der Waals surface area (Å²) in [4.78, 5) is 41.8. The van der Waals surface area contributed by atoms with E-state index in [0.717, 1.165) is 4.31 Å². The molecule has 0 aliphatic carbocycles. The molecule has 0 spiro atoms. The van der Waals surface area contributed by atoms with Crippen molar-refractivity contribution in [2.45, 2.75) is 30.8 Å². The van der Waals surface area contributed by atoms with Gasteiger partial charge in [-0.2, -0.15) is 9.40 Å². The normalized spacial score (nSPS) is 14.2. The molecule has 0 fully saturated rings. The van der Waals surface area contributed by atoms with Crippen molar-refractivity contribution < 1.29 is 36.7 Å². The van der Waals surface area contributed by atoms with E-state index in [4.69, 9.17) is 5.73 Å². The fourth-order valence-electron chi connectivity index (χ4n) is 5.66. The Morgan fingerprint density at radius 3 is 2.33 bits per heavy atom. The Kier molecular flexibility index (Phi) is 8.89. The van der Waals surface area contributed by atoms with Gasteiger partial charge < -0.3 is 30.5 Å². The van der Waals surface area contributed by atoms with Crippen LogP contribution in [0.3, 0.4) is 0 Å². The van der Waals surface area contributed by atoms with Crippen molar-refractivity contribution in [2.75, 3.05) is 44.4 Å². The van der Waals surface area contributed by atoms with Crippen molar-refractivity contribution in [3.63, 3.8) is 0 Å². The van der Waals surface area contributed by atoms with Crippen molar-refractivity contribution in [3.05, 3.63) is 88.4 Å². The summed E-state index contributed by atoms with van der Waals surface area (Å²) in [6, 6.07) is 7.68. The minimum absolute atomic E-state index is 0.0532. The van der Waals surface area contributed by atoms with Crippen LogP contribution in [0.2, 0.25) is 0 Å². The zero-order chi connectivity index (χ0) is 35.3. The minimum atomic E-state index is -4.44. The van der Waals surface area contributed by atoms with Crippen molar-refractivity contribution in [1.29, 1.82) is 0 Å². The first-order chi connectivity index (χ1) is 22.4. The van der Waals surface area contributed by atoms with Crippen LogP contribution in [0.15, 0.2) is 53.6 Å². The van der Waals surface area contributed by atoms with Gasteiger partial charge in [0, 0.05) is 44.5 Å². The quantitative estimate of drug-likeness (QED) is 0.184. The first-order valence-corrected chi connectivity index (χ1v) is 16.0. The maximum absolute atomic E-state index is 14.0. The molecule has 3 heterocycles. The molecular formula is C31H34F2N8O6S. The molecule has 0 bridgehead atoms. The van der Waals surface area contributed by atoms with E-state index in [1.807, 2.05) is 19.0 Å². The van der Waals surface area contributed by atoms with Crippen molar-refractivity contribution in [3.8, 4) is 5.69 Å². The average molecular weight is 685 g/mol. The van der Waals surface area contributed by atoms with E-state index >= 15 is 0 Å². The number of benzene rings is 2. The van der Waals surface area contributed by atoms with Gasteiger partial charge in [0.25, 0.3) is 5.91 Å². The van der Waals surface area contributed by atoms with E-state index in [1.165, 1.54) is 35.0 Å². The molecular weight excluding hydrogens is 650 g/mol. The van der Waals surface area contributed by atoms with Crippen LogP contribution in [0.25, 0.3) is 5.69 Å². The number of nitrogens with two attached hydrogens (primary N) is 1. The van der Waals surface area contributed by atoms with Gasteiger partial charge in [-0.15, -0.1) is 0 Å². The van der Waals surface area contributed by atoms with Gasteiger partial charge in [0.2, 0.25) is 15.9 Å². The number of aromatic amines is 1. The molecule has 1 aliphatic heterocycles. The van der Waals surface area contributed by atoms with Gasteiger partial charge >= 0.3 is 5.97 Å². The number of nitrogens with one attached hydrogen (secondary N) is 2. The van der Waals surface area contributed by atoms with E-state index in [-0.39, 0.29) is 40.4 Å². The van der Waals surface area contributed by atoms with Gasteiger partial charge in [0.1, 0.15) is 17.3 Å². The molecule has 17 heteroatoms. The summed E-state index contributed by atoms with van der Waals surface area (Å²) >= 11 is 0. The van der Waals surface area contributed by atoms with Crippen LogP contribution >= 0.6 is 0 Å². The Morgan fingerprint density at radius 2 is 1.73 bits per heavy atom. The average Bonchev–Trinajstić information content (AvgIpc) is 3.71. The second kappa shape index (κ2) is 12.5. The lowest BCUT2D eigenvalue weighted by Gasteiger charge is -2.30. The largest absolute Gasteiger partial charge is 0.477 e. The summed E-state index contributed by atoms with van der Waals surface area (Å²) < 4.78 is 57.4. The van der Waals surface area contributed by atoms with E-state index in [0.29, 0.717) is 42.7 Å². The molecule has 5 rings (SSSR count). The maximum atomic E-state index is 14.0. The number of aromatic carboxylic acids is 1. The number of anilines is 2. The number of hydrogen-bond acceptors (Lipinski definition) is 8. The number of halogens is 2. The van der Waals surface area contributed by atoms with Gasteiger partial charge in [-0.25, -0.2) is 22.0 Å². The number of fused-ring (bicyclic) bond motifs is 1. The monoisotopic (exact) mass is 684 g/mol. The van der Waals surface area contributed by atoms with E-state index in [2.05, 4.69) is 15.5 Å². The number of nitrogens with zero attached hydrogens (tertiary/aromatic N) is 5. The van der Waals surface area contributed by atoms with E-state index < -0.39 is 49.9 Å². The highest BCUT2D eigenvalue weighted by Crippen LogP contribution is 2.44. The molecule has 0 atom stereocenters. The number of primary amides is 1. The fraction of sp³-hybridized carbons (Fsp3) is 0.290. The molecule has 1 aliphatic rings. The van der Waals surface area contributed by atoms with Crippen LogP contribution in [0.4, 0.5) is 20.3 Å². The lowest BCUT2D eigenvalue weighted by atomic mass is 10.0. The first-order valence-electron chi connectivity index (χ1n) is 14.6. The molecule has 14 nitrogen and oxygen atoms in total. The molecule has 48 heavy (non-hydrogen) atoms. The topological polar surface area (TPSA) is 187 Å². The van der Waals surface area contributed by atoms with Crippen molar-refractivity contribution in [2.24, 2.45) is 5.73 Å². The molecule has 2 amide bonds. The molecule has 0 radical (unpaired) electrons. The van der Waals surface area contributed by atoms with E-state index in [9.17, 15) is 36.7 Å². The Balaban J connectivity index is 1.55. The Hall–Kier alpha value is -5.13. The van der Waals surface area contributed by atoms with Gasteiger partial charge in [0.15, 0.2) is 5.82 Å². The number of sulfonamides is 1. The molecule has 0 saturated carbocycles. The summed E-state index contributed by atoms with van der Waals surface area (Å²) in [6.45, 7) is 3.91. The zero-order valence-electron chi connectivity index (χ0n) is 26.7. The third-order valence-electron chi connectivity index (χ3n) is 8.21. The summed E-state index contributed by atoms with van der Waals surface area (Å²) in [5, 5.41) is 19.4. The number of carbonyl (C=O) groups is 3. The van der Waals surface area contributed by atoms with Gasteiger partial charge in [0.05, 0.1) is 38.6 Å². The molecule has 0 unspecified atom stereocenters. The summed E-state index contributed by atoms with van der Waals surface area (Å²) in [5.41, 5.74) is 5.33. The highest BCUT2D eigenvalue weighted by atomic mass is 32.2. The van der Waals surface area contributed by atoms with Crippen molar-refractivity contribution >= 4 is 39.3 Å². The van der Waals surface area contributed by atoms with E-state index in [1.54, 1.807) is 25.8 Å². The molecule has 2 aromatic heterocycles. The number of H-pyrrole nitrogens is 1. The summed E-state index contributed by atoms with van der Waals surface area (Å²) in [6.07, 6.45) is 1.51. The minimum Gasteiger partial charge on any atom is -0.477 e. The number of likely N-dealkylation sites (N-methyl/N-ethyl adjacent to an activating group) is 2. The third kappa shape index (κ3) is 6.14. The lowest BCUT2D eigenvalue weighted by Crippen LogP contribution is -2.40. The predicted molar refractivity (Wildman–Crippen MR) is 172 cm³/mol. The van der Waals surface area contributed by atoms with Crippen LogP contribution in [-0.2, 0) is 22.1 Å². The first kappa shape index (κ1) is 34.2. The van der Waals surface area contributed by atoms with Crippen LogP contribution in [0, 0.1) is 11.6 Å². The number of aromatic nitrogens is 3. The molecule has 4 aromatic rings. The van der Waals surface area contributed by atoms with Gasteiger partial charge in [-0.05, 0) is 64.3 Å². The number of hydrogen-bond donors (Lipinski definition) is 4. The summed E-state index contributed by atoms with van der Waals surface area (Å²) in [5.74, 6) is -5.16. The number of carbonyl (C=O) groups excluding carboxylic acids is 2. The Labute approximate surface area is 274 Å². The molecule has 0 saturated heterocycles. The smallest absolute Gasteiger partial charge is 0.352 e. The van der Waals surface area contributed by atoms with Gasteiger partial charge in [-0.3, -0.25) is 14.7 Å². The third-order valence-corrected chi connectivity index (χ3v) is 10.2. The number of amides is 2. The SMILES string of the molecule is CN(C)CCN(C)c1cc(C(N)=O)c(C(=O)Nc2n[nH]c3c2CN(S(=O)(=O)c2cc(F)cc(F)c2)C3(C)C)cc1-n1cccc1C(=O)O. The van der Waals surface area contributed by atoms with Crippen LogP contribution in [0.1, 0.15) is 56.3 Å². The highest BCUT2D eigenvalue weighted by molar-refractivity contribution is 7.89. The van der Waals surface area contributed by atoms with Crippen LogP contribution in [-0.4, -0.2) is 89.5 Å². The molecule has 254 valence electrons. The molecule has 2 aromatic carbocycles. The standard InChI is InChI=1S/C31H34F2N8O6S/c1-31(2)26-22(16-41(31)48(46,47)19-12-17(32)11-18(33)13-19)28(37-36-26)35-29(43)21-15-25(40-8-6-7-23(40)30(44)45)24(14-20(21)27(34)42)39(5)10-9-38(3)4/h6-8,11-15H,9-10,16H2,1-5H3,(H2,34,42)(H,44,45)(H2,35,36,37,43). The highest BCUT2D eigenvalue weighted by Gasteiger charge is 2.48. The second-order valence-electron chi connectivity index (χ2n) is 12.1. The Bertz CT molecular complexity index is 2040. The lowest BCUT2D eigenvalue weighted by molar-refractivity contribution is 0.0687. The second-order valence-corrected chi connectivity index (χ2v) is 14.0. The van der Waals surface area contributed by atoms with Crippen molar-refractivity contribution in [1.82, 2.24) is 24.0 Å². The van der Waals surface area contributed by atoms with Crippen LogP contribution < -0.4 is 16.0 Å². The summed E-state index contributed by atoms with van der Waals surface area (Å²) in [7, 11) is 1.08. The fourth-order valence-corrected chi connectivity index (χ4v) is 7.43. The number of carboxylic acid groups (broad SMARTS) is 1. The predicted octanol–water partition coefficient (Wildman–Crippen LogP) is 2.97. The van der Waals surface area contributed by atoms with Crippen LogP contribution in [0.5, 0.6) is 0 Å². The van der Waals surface area contributed by atoms with Gasteiger partial charge in [-0.1, -0.05) is 0 Å². The molecule has 5 N–H and O–H groups in total. The maximum Gasteiger partial charge on any atom is 0.352 e. The Morgan fingerprint density at radius 1 is 1.06 bits per heavy atom. The zero-order valence-corrected chi connectivity index (χ0v) is 27.5.